The monoisotopic (exact) mass is 246 g/mol. The maximum Gasteiger partial charge on any atom is 0.248 e. The zero-order valence-electron chi connectivity index (χ0n) is 10.1. The van der Waals surface area contributed by atoms with Gasteiger partial charge < -0.3 is 11.1 Å². The van der Waals surface area contributed by atoms with Crippen LogP contribution in [0.1, 0.15) is 35.0 Å². The largest absolute Gasteiger partial charge is 0.366 e. The summed E-state index contributed by atoms with van der Waals surface area (Å²) in [5, 5.41) is 9.92. The van der Waals surface area contributed by atoms with Crippen LogP contribution in [0.25, 0.3) is 0 Å². The van der Waals surface area contributed by atoms with E-state index in [4.69, 9.17) is 5.73 Å². The van der Waals surface area contributed by atoms with Crippen LogP contribution >= 0.6 is 0 Å². The molecule has 1 unspecified atom stereocenters. The van der Waals surface area contributed by atoms with E-state index in [1.54, 1.807) is 12.1 Å². The highest BCUT2D eigenvalue weighted by atomic mass is 16.1. The first-order valence-electron chi connectivity index (χ1n) is 5.47. The van der Waals surface area contributed by atoms with Gasteiger partial charge in [-0.3, -0.25) is 9.89 Å². The molecule has 0 aromatic carbocycles. The number of pyridine rings is 1. The average Bonchev–Trinajstić information content (AvgIpc) is 2.76. The van der Waals surface area contributed by atoms with Gasteiger partial charge in [-0.25, -0.2) is 9.97 Å². The molecule has 7 heteroatoms. The van der Waals surface area contributed by atoms with E-state index in [1.165, 1.54) is 6.20 Å². The lowest BCUT2D eigenvalue weighted by atomic mass is 10.2. The topological polar surface area (TPSA) is 110 Å². The van der Waals surface area contributed by atoms with E-state index in [0.717, 1.165) is 5.82 Å². The number of aromatic amines is 1. The number of nitrogens with one attached hydrogen (secondary N) is 2. The van der Waals surface area contributed by atoms with Crippen molar-refractivity contribution >= 4 is 11.7 Å². The number of anilines is 1. The van der Waals surface area contributed by atoms with Crippen LogP contribution in [-0.4, -0.2) is 26.1 Å². The number of hydrogen-bond acceptors (Lipinski definition) is 5. The molecular formula is C11H14N6O. The third-order valence-corrected chi connectivity index (χ3v) is 2.41. The quantitative estimate of drug-likeness (QED) is 0.738. The highest BCUT2D eigenvalue weighted by molar-refractivity contribution is 5.93. The van der Waals surface area contributed by atoms with Crippen molar-refractivity contribution in [2.75, 3.05) is 5.32 Å². The number of carbonyl (C=O) groups is 1. The Morgan fingerprint density at radius 2 is 2.33 bits per heavy atom. The van der Waals surface area contributed by atoms with Gasteiger partial charge in [0, 0.05) is 11.8 Å². The van der Waals surface area contributed by atoms with Crippen LogP contribution < -0.4 is 11.1 Å². The summed E-state index contributed by atoms with van der Waals surface area (Å²) in [7, 11) is 0. The Hall–Kier alpha value is -2.44. The second-order valence-corrected chi connectivity index (χ2v) is 3.94. The number of primary amides is 1. The fraction of sp³-hybridized carbons (Fsp3) is 0.273. The standard InChI is InChI=1S/C11H14N6O/c1-6(11-15-7(2)16-17-11)14-9-5-8(10(12)18)3-4-13-9/h3-6H,1-2H3,(H2,12,18)(H,13,14)(H,15,16,17). The van der Waals surface area contributed by atoms with Gasteiger partial charge in [-0.1, -0.05) is 0 Å². The van der Waals surface area contributed by atoms with Crippen molar-refractivity contribution in [1.82, 2.24) is 20.2 Å². The maximum absolute atomic E-state index is 11.0. The SMILES string of the molecule is Cc1nc(C(C)Nc2cc(C(N)=O)ccn2)n[nH]1. The second kappa shape index (κ2) is 4.82. The molecule has 0 aliphatic carbocycles. The molecule has 2 heterocycles. The summed E-state index contributed by atoms with van der Waals surface area (Å²) in [5.74, 6) is 1.46. The average molecular weight is 246 g/mol. The van der Waals surface area contributed by atoms with E-state index in [2.05, 4.69) is 25.5 Å². The minimum Gasteiger partial charge on any atom is -0.366 e. The van der Waals surface area contributed by atoms with Gasteiger partial charge >= 0.3 is 0 Å². The van der Waals surface area contributed by atoms with Crippen molar-refractivity contribution in [3.05, 3.63) is 35.5 Å². The highest BCUT2D eigenvalue weighted by Gasteiger charge is 2.11. The van der Waals surface area contributed by atoms with Gasteiger partial charge in [-0.05, 0) is 26.0 Å². The molecule has 2 rings (SSSR count). The Labute approximate surface area is 104 Å². The summed E-state index contributed by atoms with van der Waals surface area (Å²) >= 11 is 0. The summed E-state index contributed by atoms with van der Waals surface area (Å²) in [6.45, 7) is 3.73. The van der Waals surface area contributed by atoms with Crippen LogP contribution in [0.4, 0.5) is 5.82 Å². The molecule has 0 radical (unpaired) electrons. The lowest BCUT2D eigenvalue weighted by Crippen LogP contribution is -2.13. The first kappa shape index (κ1) is 12.0. The van der Waals surface area contributed by atoms with Crippen LogP contribution in [0.5, 0.6) is 0 Å². The molecule has 0 saturated heterocycles. The molecule has 0 saturated carbocycles. The van der Waals surface area contributed by atoms with Gasteiger partial charge in [0.1, 0.15) is 11.6 Å². The lowest BCUT2D eigenvalue weighted by Gasteiger charge is -2.11. The lowest BCUT2D eigenvalue weighted by molar-refractivity contribution is 0.1000. The molecule has 7 nitrogen and oxygen atoms in total. The Balaban J connectivity index is 2.14. The van der Waals surface area contributed by atoms with Gasteiger partial charge in [-0.2, -0.15) is 5.10 Å². The van der Waals surface area contributed by atoms with Crippen molar-refractivity contribution in [2.45, 2.75) is 19.9 Å². The summed E-state index contributed by atoms with van der Waals surface area (Å²) in [6, 6.07) is 3.04. The molecule has 94 valence electrons. The first-order chi connectivity index (χ1) is 8.56. The van der Waals surface area contributed by atoms with Gasteiger partial charge in [0.2, 0.25) is 5.91 Å². The summed E-state index contributed by atoms with van der Waals surface area (Å²) in [5.41, 5.74) is 5.61. The molecule has 0 aliphatic rings. The third-order valence-electron chi connectivity index (χ3n) is 2.41. The molecular weight excluding hydrogens is 232 g/mol. The fourth-order valence-corrected chi connectivity index (χ4v) is 1.50. The van der Waals surface area contributed by atoms with Crippen LogP contribution in [-0.2, 0) is 0 Å². The number of aryl methyl sites for hydroxylation is 1. The fourth-order valence-electron chi connectivity index (χ4n) is 1.50. The van der Waals surface area contributed by atoms with Gasteiger partial charge in [0.25, 0.3) is 0 Å². The van der Waals surface area contributed by atoms with E-state index in [0.29, 0.717) is 17.2 Å². The molecule has 0 fully saturated rings. The molecule has 2 aromatic heterocycles. The predicted octanol–water partition coefficient (Wildman–Crippen LogP) is 0.780. The Bertz CT molecular complexity index is 564. The molecule has 0 spiro atoms. The number of amides is 1. The number of nitrogens with two attached hydrogens (primary N) is 1. The van der Waals surface area contributed by atoms with Crippen LogP contribution in [0.15, 0.2) is 18.3 Å². The van der Waals surface area contributed by atoms with Gasteiger partial charge in [-0.15, -0.1) is 0 Å². The molecule has 1 atom stereocenters. The van der Waals surface area contributed by atoms with Crippen molar-refractivity contribution in [1.29, 1.82) is 0 Å². The molecule has 0 aliphatic heterocycles. The first-order valence-corrected chi connectivity index (χ1v) is 5.47. The number of aromatic nitrogens is 4. The summed E-state index contributed by atoms with van der Waals surface area (Å²) < 4.78 is 0. The van der Waals surface area contributed by atoms with E-state index >= 15 is 0 Å². The predicted molar refractivity (Wildman–Crippen MR) is 65.9 cm³/mol. The van der Waals surface area contributed by atoms with E-state index in [1.807, 2.05) is 13.8 Å². The number of hydrogen-bond donors (Lipinski definition) is 3. The number of rotatable bonds is 4. The number of H-pyrrole nitrogens is 1. The minimum atomic E-state index is -0.484. The Kier molecular flexibility index (Phi) is 3.22. The third kappa shape index (κ3) is 2.62. The van der Waals surface area contributed by atoms with Crippen molar-refractivity contribution < 1.29 is 4.79 Å². The molecule has 1 amide bonds. The summed E-state index contributed by atoms with van der Waals surface area (Å²) in [4.78, 5) is 19.4. The highest BCUT2D eigenvalue weighted by Crippen LogP contribution is 2.15. The minimum absolute atomic E-state index is 0.120. The van der Waals surface area contributed by atoms with Crippen molar-refractivity contribution in [3.8, 4) is 0 Å². The van der Waals surface area contributed by atoms with E-state index in [-0.39, 0.29) is 6.04 Å². The molecule has 0 bridgehead atoms. The summed E-state index contributed by atoms with van der Waals surface area (Å²) in [6.07, 6.45) is 1.53. The smallest absolute Gasteiger partial charge is 0.248 e. The van der Waals surface area contributed by atoms with Crippen LogP contribution in [0, 0.1) is 6.92 Å². The molecule has 2 aromatic rings. The second-order valence-electron chi connectivity index (χ2n) is 3.94. The van der Waals surface area contributed by atoms with Crippen molar-refractivity contribution in [3.63, 3.8) is 0 Å². The van der Waals surface area contributed by atoms with Gasteiger partial charge in [0.05, 0.1) is 6.04 Å². The Morgan fingerprint density at radius 1 is 1.56 bits per heavy atom. The zero-order valence-corrected chi connectivity index (χ0v) is 10.1. The van der Waals surface area contributed by atoms with Crippen LogP contribution in [0.3, 0.4) is 0 Å². The Morgan fingerprint density at radius 3 is 2.94 bits per heavy atom. The zero-order chi connectivity index (χ0) is 13.1. The molecule has 4 N–H and O–H groups in total. The van der Waals surface area contributed by atoms with Crippen molar-refractivity contribution in [2.24, 2.45) is 5.73 Å². The molecule has 18 heavy (non-hydrogen) atoms. The maximum atomic E-state index is 11.0. The number of carbonyl (C=O) groups excluding carboxylic acids is 1. The van der Waals surface area contributed by atoms with E-state index in [9.17, 15) is 4.79 Å². The van der Waals surface area contributed by atoms with Gasteiger partial charge in [0.15, 0.2) is 5.82 Å². The van der Waals surface area contributed by atoms with E-state index < -0.39 is 5.91 Å². The number of nitrogens with zero attached hydrogens (tertiary/aromatic N) is 3. The van der Waals surface area contributed by atoms with Crippen LogP contribution in [0.2, 0.25) is 0 Å². The normalized spacial score (nSPS) is 12.1.